The zero-order valence-corrected chi connectivity index (χ0v) is 19.5. The SMILES string of the molecule is C=C1C=C\C=C(N2C3CCC2CN(c2cc(-c4ccccc4O)nnc2N)C3)/C=C/C=C\C1C. The van der Waals surface area contributed by atoms with E-state index in [2.05, 4.69) is 76.0 Å². The molecule has 0 saturated carbocycles. The lowest BCUT2D eigenvalue weighted by Gasteiger charge is -2.44. The predicted molar refractivity (Wildman–Crippen MR) is 138 cm³/mol. The Hall–Kier alpha value is -3.80. The second-order valence-electron chi connectivity index (χ2n) is 9.27. The summed E-state index contributed by atoms with van der Waals surface area (Å²) >= 11 is 0. The zero-order valence-electron chi connectivity index (χ0n) is 19.5. The van der Waals surface area contributed by atoms with Gasteiger partial charge in [-0.05, 0) is 54.7 Å². The second-order valence-corrected chi connectivity index (χ2v) is 9.27. The maximum absolute atomic E-state index is 10.3. The smallest absolute Gasteiger partial charge is 0.169 e. The molecular formula is C28H31N5O. The Bertz CT molecular complexity index is 1200. The fourth-order valence-electron chi connectivity index (χ4n) is 5.15. The number of rotatable bonds is 3. The number of phenols is 1. The van der Waals surface area contributed by atoms with Crippen LogP contribution in [0.2, 0.25) is 0 Å². The summed E-state index contributed by atoms with van der Waals surface area (Å²) in [5, 5.41) is 18.7. The van der Waals surface area contributed by atoms with E-state index in [0.29, 0.717) is 35.1 Å². The van der Waals surface area contributed by atoms with Crippen LogP contribution >= 0.6 is 0 Å². The molecule has 2 bridgehead atoms. The van der Waals surface area contributed by atoms with Crippen molar-refractivity contribution in [3.05, 3.63) is 90.7 Å². The fraction of sp³-hybridized carbons (Fsp3) is 0.286. The Morgan fingerprint density at radius 3 is 2.56 bits per heavy atom. The normalized spacial score (nSPS) is 27.9. The number of phenolic OH excluding ortho intramolecular Hbond substituents is 1. The average molecular weight is 454 g/mol. The highest BCUT2D eigenvalue weighted by Gasteiger charge is 2.41. The van der Waals surface area contributed by atoms with Crippen LogP contribution in [-0.4, -0.2) is 45.4 Å². The number of benzene rings is 1. The van der Waals surface area contributed by atoms with E-state index >= 15 is 0 Å². The van der Waals surface area contributed by atoms with E-state index in [-0.39, 0.29) is 5.75 Å². The molecule has 34 heavy (non-hydrogen) atoms. The van der Waals surface area contributed by atoms with Gasteiger partial charge in [-0.2, -0.15) is 0 Å². The van der Waals surface area contributed by atoms with E-state index in [1.165, 1.54) is 5.70 Å². The largest absolute Gasteiger partial charge is 0.507 e. The first kappa shape index (κ1) is 22.0. The Balaban J connectivity index is 1.41. The van der Waals surface area contributed by atoms with E-state index in [0.717, 1.165) is 37.2 Å². The quantitative estimate of drug-likeness (QED) is 0.692. The van der Waals surface area contributed by atoms with Crippen molar-refractivity contribution in [2.45, 2.75) is 31.8 Å². The van der Waals surface area contributed by atoms with Gasteiger partial charge in [0.25, 0.3) is 0 Å². The molecule has 3 aliphatic rings. The molecule has 3 heterocycles. The van der Waals surface area contributed by atoms with Gasteiger partial charge in [-0.25, -0.2) is 0 Å². The van der Waals surface area contributed by atoms with Crippen molar-refractivity contribution in [2.75, 3.05) is 23.7 Å². The summed E-state index contributed by atoms with van der Waals surface area (Å²) in [5.74, 6) is 0.939. The molecule has 1 aliphatic carbocycles. The third-order valence-electron chi connectivity index (χ3n) is 7.04. The molecule has 2 fully saturated rings. The van der Waals surface area contributed by atoms with Crippen molar-refractivity contribution in [3.63, 3.8) is 0 Å². The average Bonchev–Trinajstić information content (AvgIpc) is 3.09. The summed E-state index contributed by atoms with van der Waals surface area (Å²) in [6, 6.07) is 9.91. The molecule has 5 rings (SSSR count). The van der Waals surface area contributed by atoms with Crippen molar-refractivity contribution >= 4 is 11.5 Å². The van der Waals surface area contributed by atoms with Gasteiger partial charge in [-0.15, -0.1) is 10.2 Å². The molecule has 1 aromatic carbocycles. The van der Waals surface area contributed by atoms with Gasteiger partial charge in [-0.1, -0.05) is 56.0 Å². The zero-order chi connectivity index (χ0) is 23.7. The van der Waals surface area contributed by atoms with Crippen LogP contribution in [-0.2, 0) is 0 Å². The molecular weight excluding hydrogens is 422 g/mol. The number of para-hydroxylation sites is 1. The van der Waals surface area contributed by atoms with Gasteiger partial charge in [-0.3, -0.25) is 0 Å². The highest BCUT2D eigenvalue weighted by atomic mass is 16.3. The number of nitrogens with two attached hydrogens (primary N) is 1. The first-order valence-corrected chi connectivity index (χ1v) is 11.9. The van der Waals surface area contributed by atoms with Crippen molar-refractivity contribution in [3.8, 4) is 17.0 Å². The highest BCUT2D eigenvalue weighted by molar-refractivity contribution is 5.74. The van der Waals surface area contributed by atoms with Gasteiger partial charge in [0.15, 0.2) is 5.82 Å². The lowest BCUT2D eigenvalue weighted by Crippen LogP contribution is -2.53. The molecule has 3 atom stereocenters. The summed E-state index contributed by atoms with van der Waals surface area (Å²) < 4.78 is 0. The first-order chi connectivity index (χ1) is 16.5. The molecule has 2 aliphatic heterocycles. The Morgan fingerprint density at radius 2 is 1.79 bits per heavy atom. The van der Waals surface area contributed by atoms with E-state index in [1.54, 1.807) is 12.1 Å². The van der Waals surface area contributed by atoms with Crippen LogP contribution in [0.4, 0.5) is 11.5 Å². The van der Waals surface area contributed by atoms with Crippen LogP contribution in [0.15, 0.2) is 90.7 Å². The standard InChI is InChI=1S/C28H31N5O/c1-19-8-3-4-10-21(11-7-9-20(19)2)33-22-14-15-23(33)18-32(17-22)26-16-25(30-31-28(26)29)24-12-5-6-13-27(24)34/h3-13,16,19,22-23,34H,2,14-15,17-18H2,1H3,(H2,29,31)/b8-3-,9-7?,10-4+,21-11+. The second kappa shape index (κ2) is 9.21. The van der Waals surface area contributed by atoms with Gasteiger partial charge in [0, 0.05) is 36.4 Å². The van der Waals surface area contributed by atoms with Crippen LogP contribution in [0.3, 0.4) is 0 Å². The van der Waals surface area contributed by atoms with Crippen molar-refractivity contribution in [1.29, 1.82) is 0 Å². The molecule has 0 amide bonds. The van der Waals surface area contributed by atoms with E-state index < -0.39 is 0 Å². The Morgan fingerprint density at radius 1 is 1.03 bits per heavy atom. The maximum Gasteiger partial charge on any atom is 0.169 e. The van der Waals surface area contributed by atoms with Crippen LogP contribution in [0.25, 0.3) is 11.3 Å². The summed E-state index contributed by atoms with van der Waals surface area (Å²) in [6.45, 7) is 8.07. The fourth-order valence-corrected chi connectivity index (χ4v) is 5.15. The number of hydrogen-bond acceptors (Lipinski definition) is 6. The lowest BCUT2D eigenvalue weighted by molar-refractivity contribution is 0.228. The molecule has 2 aromatic rings. The maximum atomic E-state index is 10.3. The number of aromatic nitrogens is 2. The van der Waals surface area contributed by atoms with E-state index in [1.807, 2.05) is 18.2 Å². The molecule has 0 spiro atoms. The minimum absolute atomic E-state index is 0.186. The number of allylic oxidation sites excluding steroid dienone is 8. The molecule has 6 heteroatoms. The predicted octanol–water partition coefficient (Wildman–Crippen LogP) is 4.84. The number of nitrogens with zero attached hydrogens (tertiary/aromatic N) is 4. The van der Waals surface area contributed by atoms with Gasteiger partial charge in [0.1, 0.15) is 5.75 Å². The van der Waals surface area contributed by atoms with Gasteiger partial charge in [0.05, 0.1) is 11.4 Å². The van der Waals surface area contributed by atoms with Crippen LogP contribution in [0.5, 0.6) is 5.75 Å². The van der Waals surface area contributed by atoms with Crippen LogP contribution < -0.4 is 10.6 Å². The molecule has 1 aromatic heterocycles. The molecule has 174 valence electrons. The van der Waals surface area contributed by atoms with Gasteiger partial charge >= 0.3 is 0 Å². The minimum atomic E-state index is 0.186. The van der Waals surface area contributed by atoms with Crippen LogP contribution in [0, 0.1) is 5.92 Å². The number of aromatic hydroxyl groups is 1. The molecule has 0 radical (unpaired) electrons. The third kappa shape index (κ3) is 4.23. The lowest BCUT2D eigenvalue weighted by atomic mass is 10.0. The first-order valence-electron chi connectivity index (χ1n) is 11.9. The van der Waals surface area contributed by atoms with Gasteiger partial charge in [0.2, 0.25) is 0 Å². The van der Waals surface area contributed by atoms with E-state index in [9.17, 15) is 5.11 Å². The van der Waals surface area contributed by atoms with Crippen molar-refractivity contribution < 1.29 is 5.11 Å². The third-order valence-corrected chi connectivity index (χ3v) is 7.04. The topological polar surface area (TPSA) is 78.5 Å². The van der Waals surface area contributed by atoms with Crippen molar-refractivity contribution in [2.24, 2.45) is 5.92 Å². The minimum Gasteiger partial charge on any atom is -0.507 e. The summed E-state index contributed by atoms with van der Waals surface area (Å²) in [7, 11) is 0. The van der Waals surface area contributed by atoms with Gasteiger partial charge < -0.3 is 20.6 Å². The number of piperazine rings is 1. The van der Waals surface area contributed by atoms with Crippen LogP contribution in [0.1, 0.15) is 19.8 Å². The summed E-state index contributed by atoms with van der Waals surface area (Å²) in [4.78, 5) is 4.89. The number of nitrogen functional groups attached to an aromatic ring is 1. The molecule has 3 unspecified atom stereocenters. The number of fused-ring (bicyclic) bond motifs is 2. The summed E-state index contributed by atoms with van der Waals surface area (Å²) in [6.07, 6.45) is 17.3. The Labute approximate surface area is 201 Å². The molecule has 2 saturated heterocycles. The summed E-state index contributed by atoms with van der Waals surface area (Å²) in [5.41, 5.74) is 10.8. The highest BCUT2D eigenvalue weighted by Crippen LogP contribution is 2.38. The number of anilines is 2. The molecule has 6 nitrogen and oxygen atoms in total. The monoisotopic (exact) mass is 453 g/mol. The molecule has 3 N–H and O–H groups in total. The van der Waals surface area contributed by atoms with Crippen molar-refractivity contribution in [1.82, 2.24) is 15.1 Å². The van der Waals surface area contributed by atoms with E-state index in [4.69, 9.17) is 5.73 Å². The Kier molecular flexibility index (Phi) is 5.97. The number of hydrogen-bond donors (Lipinski definition) is 2.